The Morgan fingerprint density at radius 1 is 1.27 bits per heavy atom. The van der Waals surface area contributed by atoms with Crippen LogP contribution in [-0.2, 0) is 0 Å². The fourth-order valence-corrected chi connectivity index (χ4v) is 1.54. The van der Waals surface area contributed by atoms with E-state index in [4.69, 9.17) is 16.3 Å². The number of hydrogen-bond donors (Lipinski definition) is 1. The van der Waals surface area contributed by atoms with Gasteiger partial charge in [0, 0.05) is 5.02 Å². The van der Waals surface area contributed by atoms with Crippen LogP contribution in [0.15, 0.2) is 12.1 Å². The number of halogens is 1. The molecule has 0 fully saturated rings. The standard InChI is InChI=1S/C12H18ClNO/c1-9-7-11(8-10(2)12(9)13)15-6-4-5-14-3/h7-8,14H,4-6H2,1-3H3. The second-order valence-corrected chi connectivity index (χ2v) is 4.05. The molecule has 0 unspecified atom stereocenters. The van der Waals surface area contributed by atoms with Gasteiger partial charge in [-0.05, 0) is 57.1 Å². The van der Waals surface area contributed by atoms with Crippen molar-refractivity contribution in [1.82, 2.24) is 5.32 Å². The van der Waals surface area contributed by atoms with Crippen LogP contribution in [0.3, 0.4) is 0 Å². The van der Waals surface area contributed by atoms with E-state index in [0.717, 1.165) is 41.5 Å². The van der Waals surface area contributed by atoms with E-state index in [-0.39, 0.29) is 0 Å². The van der Waals surface area contributed by atoms with Gasteiger partial charge in [-0.2, -0.15) is 0 Å². The topological polar surface area (TPSA) is 21.3 Å². The maximum Gasteiger partial charge on any atom is 0.119 e. The predicted molar refractivity (Wildman–Crippen MR) is 65.0 cm³/mol. The summed E-state index contributed by atoms with van der Waals surface area (Å²) in [6.45, 7) is 5.71. The van der Waals surface area contributed by atoms with Crippen molar-refractivity contribution in [3.8, 4) is 5.75 Å². The molecule has 0 aliphatic rings. The maximum atomic E-state index is 6.07. The van der Waals surface area contributed by atoms with Crippen LogP contribution >= 0.6 is 11.6 Å². The summed E-state index contributed by atoms with van der Waals surface area (Å²) in [5, 5.41) is 3.92. The second kappa shape index (κ2) is 5.99. The Labute approximate surface area is 96.6 Å². The van der Waals surface area contributed by atoms with E-state index in [0.29, 0.717) is 0 Å². The smallest absolute Gasteiger partial charge is 0.119 e. The van der Waals surface area contributed by atoms with E-state index in [1.165, 1.54) is 0 Å². The van der Waals surface area contributed by atoms with Gasteiger partial charge in [-0.15, -0.1) is 0 Å². The monoisotopic (exact) mass is 227 g/mol. The fraction of sp³-hybridized carbons (Fsp3) is 0.500. The van der Waals surface area contributed by atoms with Crippen molar-refractivity contribution >= 4 is 11.6 Å². The lowest BCUT2D eigenvalue weighted by Gasteiger charge is -2.09. The molecule has 2 nitrogen and oxygen atoms in total. The van der Waals surface area contributed by atoms with Crippen molar-refractivity contribution in [2.24, 2.45) is 0 Å². The summed E-state index contributed by atoms with van der Waals surface area (Å²) < 4.78 is 5.63. The third-order valence-electron chi connectivity index (χ3n) is 2.25. The molecule has 3 heteroatoms. The molecule has 0 atom stereocenters. The van der Waals surface area contributed by atoms with Crippen molar-refractivity contribution in [1.29, 1.82) is 0 Å². The first-order chi connectivity index (χ1) is 7.15. The summed E-state index contributed by atoms with van der Waals surface area (Å²) in [4.78, 5) is 0. The minimum Gasteiger partial charge on any atom is -0.494 e. The van der Waals surface area contributed by atoms with E-state index < -0.39 is 0 Å². The van der Waals surface area contributed by atoms with Gasteiger partial charge in [-0.1, -0.05) is 11.6 Å². The minimum atomic E-state index is 0.737. The summed E-state index contributed by atoms with van der Waals surface area (Å²) in [6.07, 6.45) is 1.01. The molecule has 0 aliphatic carbocycles. The molecule has 0 saturated carbocycles. The maximum absolute atomic E-state index is 6.07. The van der Waals surface area contributed by atoms with Gasteiger partial charge in [0.25, 0.3) is 0 Å². The van der Waals surface area contributed by atoms with Gasteiger partial charge in [-0.25, -0.2) is 0 Å². The molecule has 0 amide bonds. The van der Waals surface area contributed by atoms with E-state index in [1.54, 1.807) is 0 Å². The lowest BCUT2D eigenvalue weighted by atomic mass is 10.1. The molecule has 0 aromatic heterocycles. The minimum absolute atomic E-state index is 0.737. The van der Waals surface area contributed by atoms with E-state index in [9.17, 15) is 0 Å². The summed E-state index contributed by atoms with van der Waals surface area (Å²) in [6, 6.07) is 3.96. The molecule has 0 aliphatic heterocycles. The quantitative estimate of drug-likeness (QED) is 0.781. The van der Waals surface area contributed by atoms with Crippen LogP contribution < -0.4 is 10.1 Å². The highest BCUT2D eigenvalue weighted by atomic mass is 35.5. The first-order valence-corrected chi connectivity index (χ1v) is 5.57. The van der Waals surface area contributed by atoms with Gasteiger partial charge in [0.1, 0.15) is 5.75 Å². The SMILES string of the molecule is CNCCCOc1cc(C)c(Cl)c(C)c1. The average Bonchev–Trinajstić information content (AvgIpc) is 2.21. The van der Waals surface area contributed by atoms with Crippen molar-refractivity contribution in [3.05, 3.63) is 28.3 Å². The number of hydrogen-bond acceptors (Lipinski definition) is 2. The number of aryl methyl sites for hydroxylation is 2. The summed E-state index contributed by atoms with van der Waals surface area (Å²) >= 11 is 6.07. The highest BCUT2D eigenvalue weighted by Crippen LogP contribution is 2.25. The highest BCUT2D eigenvalue weighted by Gasteiger charge is 2.02. The molecule has 0 radical (unpaired) electrons. The van der Waals surface area contributed by atoms with Crippen molar-refractivity contribution in [3.63, 3.8) is 0 Å². The summed E-state index contributed by atoms with van der Waals surface area (Å²) in [5.41, 5.74) is 2.14. The fourth-order valence-electron chi connectivity index (χ4n) is 1.43. The predicted octanol–water partition coefficient (Wildman–Crippen LogP) is 2.95. The molecule has 1 aromatic rings. The molecule has 84 valence electrons. The molecule has 1 rings (SSSR count). The Bertz CT molecular complexity index is 302. The Hall–Kier alpha value is -0.730. The van der Waals surface area contributed by atoms with Crippen LogP contribution in [0.1, 0.15) is 17.5 Å². The van der Waals surface area contributed by atoms with Gasteiger partial charge >= 0.3 is 0 Å². The van der Waals surface area contributed by atoms with Gasteiger partial charge < -0.3 is 10.1 Å². The Balaban J connectivity index is 2.55. The molecule has 15 heavy (non-hydrogen) atoms. The van der Waals surface area contributed by atoms with E-state index >= 15 is 0 Å². The van der Waals surface area contributed by atoms with Crippen LogP contribution in [0.4, 0.5) is 0 Å². The van der Waals surface area contributed by atoms with Crippen LogP contribution in [0.25, 0.3) is 0 Å². The third-order valence-corrected chi connectivity index (χ3v) is 2.85. The molecule has 1 aromatic carbocycles. The Morgan fingerprint density at radius 3 is 2.40 bits per heavy atom. The third kappa shape index (κ3) is 3.73. The van der Waals surface area contributed by atoms with Gasteiger partial charge in [-0.3, -0.25) is 0 Å². The largest absolute Gasteiger partial charge is 0.494 e. The van der Waals surface area contributed by atoms with Crippen LogP contribution in [0.5, 0.6) is 5.75 Å². The Kier molecular flexibility index (Phi) is 4.92. The molecule has 1 N–H and O–H groups in total. The van der Waals surface area contributed by atoms with Crippen LogP contribution in [-0.4, -0.2) is 20.2 Å². The van der Waals surface area contributed by atoms with Crippen molar-refractivity contribution in [2.45, 2.75) is 20.3 Å². The Morgan fingerprint density at radius 2 is 1.87 bits per heavy atom. The zero-order valence-corrected chi connectivity index (χ0v) is 10.3. The second-order valence-electron chi connectivity index (χ2n) is 3.68. The zero-order valence-electron chi connectivity index (χ0n) is 9.56. The van der Waals surface area contributed by atoms with Gasteiger partial charge in [0.05, 0.1) is 6.61 Å². The first-order valence-electron chi connectivity index (χ1n) is 5.19. The normalized spacial score (nSPS) is 10.4. The molecule has 0 spiro atoms. The molecule has 0 saturated heterocycles. The first kappa shape index (κ1) is 12.3. The molecule has 0 bridgehead atoms. The lowest BCUT2D eigenvalue weighted by molar-refractivity contribution is 0.309. The number of benzene rings is 1. The van der Waals surface area contributed by atoms with Crippen molar-refractivity contribution < 1.29 is 4.74 Å². The van der Waals surface area contributed by atoms with E-state index in [2.05, 4.69) is 5.32 Å². The molecular weight excluding hydrogens is 210 g/mol. The van der Waals surface area contributed by atoms with E-state index in [1.807, 2.05) is 33.0 Å². The zero-order chi connectivity index (χ0) is 11.3. The summed E-state index contributed by atoms with van der Waals surface area (Å²) in [5.74, 6) is 0.908. The van der Waals surface area contributed by atoms with Crippen LogP contribution in [0.2, 0.25) is 5.02 Å². The summed E-state index contributed by atoms with van der Waals surface area (Å²) in [7, 11) is 1.94. The van der Waals surface area contributed by atoms with Gasteiger partial charge in [0.2, 0.25) is 0 Å². The lowest BCUT2D eigenvalue weighted by Crippen LogP contribution is -2.11. The highest BCUT2D eigenvalue weighted by molar-refractivity contribution is 6.32. The van der Waals surface area contributed by atoms with Gasteiger partial charge in [0.15, 0.2) is 0 Å². The van der Waals surface area contributed by atoms with Crippen LogP contribution in [0, 0.1) is 13.8 Å². The number of ether oxygens (including phenoxy) is 1. The number of rotatable bonds is 5. The van der Waals surface area contributed by atoms with Crippen molar-refractivity contribution in [2.75, 3.05) is 20.2 Å². The molecule has 0 heterocycles. The molecular formula is C12H18ClNO. The number of nitrogens with one attached hydrogen (secondary N) is 1. The average molecular weight is 228 g/mol.